The van der Waals surface area contributed by atoms with Crippen molar-refractivity contribution in [1.82, 2.24) is 4.31 Å². The molecule has 0 saturated carbocycles. The quantitative estimate of drug-likeness (QED) is 0.704. The summed E-state index contributed by atoms with van der Waals surface area (Å²) in [6, 6.07) is 11.3. The number of anilines is 1. The maximum Gasteiger partial charge on any atom is 0.255 e. The SMILES string of the molecule is COc1ccc(Br)cc1NC(=O)c1cccc(S(=O)(=O)N2CC(C)OC(C)C2)c1. The zero-order chi connectivity index (χ0) is 21.2. The van der Waals surface area contributed by atoms with E-state index in [4.69, 9.17) is 9.47 Å². The Labute approximate surface area is 179 Å². The van der Waals surface area contributed by atoms with E-state index in [1.165, 1.54) is 23.5 Å². The largest absolute Gasteiger partial charge is 0.495 e. The van der Waals surface area contributed by atoms with Crippen LogP contribution in [0.2, 0.25) is 0 Å². The van der Waals surface area contributed by atoms with Crippen LogP contribution in [0.3, 0.4) is 0 Å². The molecule has 0 aromatic heterocycles. The van der Waals surface area contributed by atoms with Gasteiger partial charge < -0.3 is 14.8 Å². The monoisotopic (exact) mass is 482 g/mol. The molecule has 1 N–H and O–H groups in total. The van der Waals surface area contributed by atoms with Gasteiger partial charge in [-0.3, -0.25) is 4.79 Å². The van der Waals surface area contributed by atoms with Crippen LogP contribution in [0.4, 0.5) is 5.69 Å². The van der Waals surface area contributed by atoms with E-state index in [9.17, 15) is 13.2 Å². The molecule has 1 amide bonds. The van der Waals surface area contributed by atoms with Crippen molar-refractivity contribution in [2.24, 2.45) is 0 Å². The average Bonchev–Trinajstić information content (AvgIpc) is 2.67. The van der Waals surface area contributed by atoms with Crippen LogP contribution in [-0.4, -0.2) is 51.0 Å². The summed E-state index contributed by atoms with van der Waals surface area (Å²) in [6.45, 7) is 4.23. The Balaban J connectivity index is 1.86. The number of methoxy groups -OCH3 is 1. The lowest BCUT2D eigenvalue weighted by Gasteiger charge is -2.34. The molecule has 7 nitrogen and oxygen atoms in total. The number of nitrogens with one attached hydrogen (secondary N) is 1. The van der Waals surface area contributed by atoms with Gasteiger partial charge in [-0.05, 0) is 50.2 Å². The minimum Gasteiger partial charge on any atom is -0.495 e. The highest BCUT2D eigenvalue weighted by Gasteiger charge is 2.32. The third-order valence-corrected chi connectivity index (χ3v) is 6.85. The first-order chi connectivity index (χ1) is 13.7. The highest BCUT2D eigenvalue weighted by molar-refractivity contribution is 9.10. The molecule has 0 spiro atoms. The Morgan fingerprint density at radius 1 is 1.17 bits per heavy atom. The minimum absolute atomic E-state index is 0.0765. The van der Waals surface area contributed by atoms with Crippen molar-refractivity contribution in [2.75, 3.05) is 25.5 Å². The van der Waals surface area contributed by atoms with Crippen molar-refractivity contribution < 1.29 is 22.7 Å². The third-order valence-electron chi connectivity index (χ3n) is 4.53. The number of sulfonamides is 1. The standard InChI is InChI=1S/C20H23BrN2O5S/c1-13-11-23(12-14(2)28-13)29(25,26)17-6-4-5-15(9-17)20(24)22-18-10-16(21)7-8-19(18)27-3/h4-10,13-14H,11-12H2,1-3H3,(H,22,24). The van der Waals surface area contributed by atoms with Gasteiger partial charge in [-0.25, -0.2) is 8.42 Å². The zero-order valence-electron chi connectivity index (χ0n) is 16.4. The van der Waals surface area contributed by atoms with E-state index in [2.05, 4.69) is 21.2 Å². The van der Waals surface area contributed by atoms with Gasteiger partial charge in [0.15, 0.2) is 0 Å². The van der Waals surface area contributed by atoms with Crippen LogP contribution in [0.25, 0.3) is 0 Å². The Morgan fingerprint density at radius 2 is 1.86 bits per heavy atom. The molecule has 0 radical (unpaired) electrons. The van der Waals surface area contributed by atoms with Gasteiger partial charge in [-0.15, -0.1) is 0 Å². The molecule has 2 aromatic carbocycles. The first-order valence-corrected chi connectivity index (χ1v) is 11.3. The second-order valence-electron chi connectivity index (χ2n) is 6.91. The summed E-state index contributed by atoms with van der Waals surface area (Å²) in [7, 11) is -2.22. The number of benzene rings is 2. The summed E-state index contributed by atoms with van der Waals surface area (Å²) in [5.41, 5.74) is 0.721. The number of hydrogen-bond donors (Lipinski definition) is 1. The summed E-state index contributed by atoms with van der Waals surface area (Å²) in [6.07, 6.45) is -0.381. The lowest BCUT2D eigenvalue weighted by atomic mass is 10.2. The van der Waals surface area contributed by atoms with E-state index >= 15 is 0 Å². The molecule has 2 aromatic rings. The molecule has 0 bridgehead atoms. The molecule has 156 valence electrons. The first-order valence-electron chi connectivity index (χ1n) is 9.11. The number of rotatable bonds is 5. The molecule has 1 saturated heterocycles. The number of carbonyl (C=O) groups is 1. The van der Waals surface area contributed by atoms with Crippen molar-refractivity contribution in [1.29, 1.82) is 0 Å². The van der Waals surface area contributed by atoms with Crippen LogP contribution in [0.5, 0.6) is 5.75 Å². The molecule has 29 heavy (non-hydrogen) atoms. The highest BCUT2D eigenvalue weighted by Crippen LogP contribution is 2.29. The fourth-order valence-electron chi connectivity index (χ4n) is 3.25. The van der Waals surface area contributed by atoms with Crippen molar-refractivity contribution in [3.05, 3.63) is 52.5 Å². The first kappa shape index (κ1) is 21.8. The maximum atomic E-state index is 13.1. The predicted molar refractivity (Wildman–Crippen MR) is 114 cm³/mol. The van der Waals surface area contributed by atoms with Gasteiger partial charge in [0, 0.05) is 23.1 Å². The average molecular weight is 483 g/mol. The summed E-state index contributed by atoms with van der Waals surface area (Å²) >= 11 is 3.36. The number of amides is 1. The van der Waals surface area contributed by atoms with Crippen LogP contribution in [0, 0.1) is 0 Å². The summed E-state index contributed by atoms with van der Waals surface area (Å²) in [5, 5.41) is 2.77. The van der Waals surface area contributed by atoms with Gasteiger partial charge in [0.25, 0.3) is 5.91 Å². The summed E-state index contributed by atoms with van der Waals surface area (Å²) < 4.78 is 39.2. The molecular formula is C20H23BrN2O5S. The van der Waals surface area contributed by atoms with E-state index in [0.717, 1.165) is 4.47 Å². The van der Waals surface area contributed by atoms with Gasteiger partial charge in [-0.1, -0.05) is 22.0 Å². The number of morpholine rings is 1. The molecule has 3 rings (SSSR count). The molecule has 1 fully saturated rings. The lowest BCUT2D eigenvalue weighted by Crippen LogP contribution is -2.48. The molecule has 0 aliphatic carbocycles. The van der Waals surface area contributed by atoms with Crippen LogP contribution < -0.4 is 10.1 Å². The second kappa shape index (κ2) is 8.83. The molecule has 1 aliphatic rings. The van der Waals surface area contributed by atoms with Crippen molar-refractivity contribution in [3.63, 3.8) is 0 Å². The van der Waals surface area contributed by atoms with E-state index in [1.54, 1.807) is 30.3 Å². The predicted octanol–water partition coefficient (Wildman–Crippen LogP) is 3.51. The van der Waals surface area contributed by atoms with Gasteiger partial charge in [0.05, 0.1) is 29.9 Å². The number of nitrogens with zero attached hydrogens (tertiary/aromatic N) is 1. The smallest absolute Gasteiger partial charge is 0.255 e. The number of carbonyl (C=O) groups excluding carboxylic acids is 1. The van der Waals surface area contributed by atoms with Crippen LogP contribution in [0.1, 0.15) is 24.2 Å². The van der Waals surface area contributed by atoms with Gasteiger partial charge >= 0.3 is 0 Å². The van der Waals surface area contributed by atoms with Crippen LogP contribution in [0.15, 0.2) is 51.8 Å². The van der Waals surface area contributed by atoms with Gasteiger partial charge in [0.2, 0.25) is 10.0 Å². The normalized spacial score (nSPS) is 20.3. The highest BCUT2D eigenvalue weighted by atomic mass is 79.9. The van der Waals surface area contributed by atoms with E-state index in [0.29, 0.717) is 11.4 Å². The maximum absolute atomic E-state index is 13.1. The van der Waals surface area contributed by atoms with E-state index < -0.39 is 15.9 Å². The number of hydrogen-bond acceptors (Lipinski definition) is 5. The van der Waals surface area contributed by atoms with Gasteiger partial charge in [0.1, 0.15) is 5.75 Å². The Bertz CT molecular complexity index is 1000. The Kier molecular flexibility index (Phi) is 6.62. The molecular weight excluding hydrogens is 460 g/mol. The van der Waals surface area contributed by atoms with Gasteiger partial charge in [-0.2, -0.15) is 4.31 Å². The van der Waals surface area contributed by atoms with Crippen LogP contribution >= 0.6 is 15.9 Å². The minimum atomic E-state index is -3.74. The molecule has 2 atom stereocenters. The Hall–Kier alpha value is -1.94. The zero-order valence-corrected chi connectivity index (χ0v) is 18.8. The number of ether oxygens (including phenoxy) is 2. The molecule has 1 heterocycles. The lowest BCUT2D eigenvalue weighted by molar-refractivity contribution is -0.0440. The summed E-state index contributed by atoms with van der Waals surface area (Å²) in [4.78, 5) is 12.8. The third kappa shape index (κ3) is 4.98. The molecule has 9 heteroatoms. The fraction of sp³-hybridized carbons (Fsp3) is 0.350. The fourth-order valence-corrected chi connectivity index (χ4v) is 5.24. The molecule has 2 unspecified atom stereocenters. The molecule has 1 aliphatic heterocycles. The Morgan fingerprint density at radius 3 is 2.52 bits per heavy atom. The second-order valence-corrected chi connectivity index (χ2v) is 9.76. The van der Waals surface area contributed by atoms with Crippen molar-refractivity contribution in [3.8, 4) is 5.75 Å². The van der Waals surface area contributed by atoms with E-state index in [1.807, 2.05) is 13.8 Å². The summed E-state index contributed by atoms with van der Waals surface area (Å²) in [5.74, 6) is 0.0729. The van der Waals surface area contributed by atoms with Crippen molar-refractivity contribution >= 4 is 37.5 Å². The topological polar surface area (TPSA) is 84.9 Å². The van der Waals surface area contributed by atoms with E-state index in [-0.39, 0.29) is 35.8 Å². The van der Waals surface area contributed by atoms with Crippen molar-refractivity contribution in [2.45, 2.75) is 31.0 Å². The van der Waals surface area contributed by atoms with Crippen LogP contribution in [-0.2, 0) is 14.8 Å². The number of halogens is 1.